The molecule has 0 unspecified atom stereocenters. The zero-order chi connectivity index (χ0) is 22.1. The Bertz CT molecular complexity index is 987. The molecule has 5 heteroatoms. The minimum Gasteiger partial charge on any atom is -0.493 e. The van der Waals surface area contributed by atoms with Gasteiger partial charge < -0.3 is 20.1 Å². The van der Waals surface area contributed by atoms with Crippen LogP contribution < -0.4 is 20.1 Å². The molecular weight excluding hydrogens is 388 g/mol. The molecule has 3 aromatic carbocycles. The van der Waals surface area contributed by atoms with Crippen LogP contribution in [0, 0.1) is 5.92 Å². The van der Waals surface area contributed by atoms with E-state index >= 15 is 0 Å². The zero-order valence-corrected chi connectivity index (χ0v) is 18.4. The summed E-state index contributed by atoms with van der Waals surface area (Å²) in [6.07, 6.45) is 0.504. The molecule has 0 aliphatic carbocycles. The van der Waals surface area contributed by atoms with Gasteiger partial charge in [0.25, 0.3) is 0 Å². The van der Waals surface area contributed by atoms with E-state index in [1.54, 1.807) is 7.11 Å². The Morgan fingerprint density at radius 3 is 2.42 bits per heavy atom. The molecule has 0 fully saturated rings. The SMILES string of the molecule is COc1cccc(CNc2cccc(NC(=O)CC(C)C)c2)c1OCc1ccccc1. The molecule has 2 N–H and O–H groups in total. The first-order chi connectivity index (χ1) is 15.0. The van der Waals surface area contributed by atoms with Crippen molar-refractivity contribution in [3.63, 3.8) is 0 Å². The molecule has 0 aliphatic rings. The molecule has 0 radical (unpaired) electrons. The van der Waals surface area contributed by atoms with Crippen molar-refractivity contribution in [2.45, 2.75) is 33.4 Å². The van der Waals surface area contributed by atoms with E-state index in [-0.39, 0.29) is 5.91 Å². The standard InChI is InChI=1S/C26H30N2O3/c1-19(2)15-25(29)28-23-13-8-12-22(16-23)27-17-21-11-7-14-24(30-3)26(21)31-18-20-9-5-4-6-10-20/h4-14,16,19,27H,15,17-18H2,1-3H3,(H,28,29). The Kier molecular flexibility index (Phi) is 7.93. The number of rotatable bonds is 10. The average molecular weight is 419 g/mol. The Morgan fingerprint density at radius 1 is 0.935 bits per heavy atom. The molecule has 0 aliphatic heterocycles. The van der Waals surface area contributed by atoms with Crippen LogP contribution in [0.4, 0.5) is 11.4 Å². The minimum absolute atomic E-state index is 0.0246. The first kappa shape index (κ1) is 22.2. The van der Waals surface area contributed by atoms with Gasteiger partial charge >= 0.3 is 0 Å². The Hall–Kier alpha value is -3.47. The van der Waals surface area contributed by atoms with E-state index in [0.29, 0.717) is 31.2 Å². The number of para-hydroxylation sites is 1. The molecule has 0 heterocycles. The molecule has 31 heavy (non-hydrogen) atoms. The molecular formula is C26H30N2O3. The summed E-state index contributed by atoms with van der Waals surface area (Å²) in [6.45, 7) is 5.09. The van der Waals surface area contributed by atoms with Crippen LogP contribution in [0.1, 0.15) is 31.4 Å². The number of anilines is 2. The maximum absolute atomic E-state index is 12.1. The maximum Gasteiger partial charge on any atom is 0.224 e. The van der Waals surface area contributed by atoms with Crippen LogP contribution >= 0.6 is 0 Å². The van der Waals surface area contributed by atoms with Crippen molar-refractivity contribution >= 4 is 17.3 Å². The van der Waals surface area contributed by atoms with Crippen molar-refractivity contribution in [2.75, 3.05) is 17.7 Å². The lowest BCUT2D eigenvalue weighted by Crippen LogP contribution is -2.14. The highest BCUT2D eigenvalue weighted by Gasteiger charge is 2.11. The highest BCUT2D eigenvalue weighted by Crippen LogP contribution is 2.32. The maximum atomic E-state index is 12.1. The van der Waals surface area contributed by atoms with E-state index in [2.05, 4.69) is 10.6 Å². The normalized spacial score (nSPS) is 10.6. The van der Waals surface area contributed by atoms with Gasteiger partial charge in [0.15, 0.2) is 11.5 Å². The number of amides is 1. The highest BCUT2D eigenvalue weighted by molar-refractivity contribution is 5.91. The molecule has 1 amide bonds. The first-order valence-electron chi connectivity index (χ1n) is 10.5. The largest absolute Gasteiger partial charge is 0.493 e. The smallest absolute Gasteiger partial charge is 0.224 e. The average Bonchev–Trinajstić information content (AvgIpc) is 2.76. The molecule has 3 rings (SSSR count). The molecule has 0 aromatic heterocycles. The third-order valence-electron chi connectivity index (χ3n) is 4.73. The summed E-state index contributed by atoms with van der Waals surface area (Å²) in [5, 5.41) is 6.37. The van der Waals surface area contributed by atoms with Crippen LogP contribution in [0.3, 0.4) is 0 Å². The molecule has 0 saturated carbocycles. The summed E-state index contributed by atoms with van der Waals surface area (Å²) in [5.74, 6) is 1.77. The van der Waals surface area contributed by atoms with Gasteiger partial charge in [0.2, 0.25) is 5.91 Å². The zero-order valence-electron chi connectivity index (χ0n) is 18.4. The molecule has 5 nitrogen and oxygen atoms in total. The van der Waals surface area contributed by atoms with E-state index < -0.39 is 0 Å². The Balaban J connectivity index is 1.68. The van der Waals surface area contributed by atoms with Crippen molar-refractivity contribution in [3.05, 3.63) is 83.9 Å². The second kappa shape index (κ2) is 11.1. The van der Waals surface area contributed by atoms with Crippen LogP contribution in [-0.4, -0.2) is 13.0 Å². The quantitative estimate of drug-likeness (QED) is 0.432. The highest BCUT2D eigenvalue weighted by atomic mass is 16.5. The predicted molar refractivity (Wildman–Crippen MR) is 126 cm³/mol. The Labute approximate surface area is 184 Å². The fourth-order valence-corrected chi connectivity index (χ4v) is 3.24. The van der Waals surface area contributed by atoms with E-state index in [1.807, 2.05) is 86.6 Å². The van der Waals surface area contributed by atoms with Crippen LogP contribution in [0.15, 0.2) is 72.8 Å². The van der Waals surface area contributed by atoms with Gasteiger partial charge in [0.1, 0.15) is 6.61 Å². The van der Waals surface area contributed by atoms with Gasteiger partial charge in [-0.15, -0.1) is 0 Å². The second-order valence-corrected chi connectivity index (χ2v) is 7.80. The lowest BCUT2D eigenvalue weighted by molar-refractivity contribution is -0.116. The molecule has 0 saturated heterocycles. The number of carbonyl (C=O) groups excluding carboxylic acids is 1. The number of carbonyl (C=O) groups is 1. The van der Waals surface area contributed by atoms with Crippen LogP contribution in [0.25, 0.3) is 0 Å². The molecule has 162 valence electrons. The lowest BCUT2D eigenvalue weighted by atomic mass is 10.1. The van der Waals surface area contributed by atoms with Crippen molar-refractivity contribution in [2.24, 2.45) is 5.92 Å². The van der Waals surface area contributed by atoms with Gasteiger partial charge in [-0.3, -0.25) is 4.79 Å². The van der Waals surface area contributed by atoms with E-state index in [1.165, 1.54) is 0 Å². The summed E-state index contributed by atoms with van der Waals surface area (Å²) in [6, 6.07) is 23.6. The third kappa shape index (κ3) is 6.78. The molecule has 0 spiro atoms. The van der Waals surface area contributed by atoms with Crippen molar-refractivity contribution in [1.82, 2.24) is 0 Å². The van der Waals surface area contributed by atoms with Crippen molar-refractivity contribution in [1.29, 1.82) is 0 Å². The van der Waals surface area contributed by atoms with Crippen molar-refractivity contribution in [3.8, 4) is 11.5 Å². The fourth-order valence-electron chi connectivity index (χ4n) is 3.24. The topological polar surface area (TPSA) is 59.6 Å². The summed E-state index contributed by atoms with van der Waals surface area (Å²) >= 11 is 0. The van der Waals surface area contributed by atoms with Gasteiger partial charge in [-0.1, -0.05) is 62.4 Å². The molecule has 0 atom stereocenters. The first-order valence-corrected chi connectivity index (χ1v) is 10.5. The number of hydrogen-bond acceptors (Lipinski definition) is 4. The predicted octanol–water partition coefficient (Wildman–Crippen LogP) is 5.87. The number of benzene rings is 3. The molecule has 3 aromatic rings. The number of ether oxygens (including phenoxy) is 2. The van der Waals surface area contributed by atoms with Crippen LogP contribution in [-0.2, 0) is 17.9 Å². The van der Waals surface area contributed by atoms with Crippen LogP contribution in [0.5, 0.6) is 11.5 Å². The Morgan fingerprint density at radius 2 is 1.68 bits per heavy atom. The summed E-state index contributed by atoms with van der Waals surface area (Å²) in [5.41, 5.74) is 3.78. The van der Waals surface area contributed by atoms with Gasteiger partial charge in [-0.25, -0.2) is 0 Å². The van der Waals surface area contributed by atoms with Gasteiger partial charge in [0.05, 0.1) is 7.11 Å². The van der Waals surface area contributed by atoms with Crippen molar-refractivity contribution < 1.29 is 14.3 Å². The molecule has 0 bridgehead atoms. The van der Waals surface area contributed by atoms with Gasteiger partial charge in [-0.05, 0) is 35.7 Å². The minimum atomic E-state index is 0.0246. The van der Waals surface area contributed by atoms with Gasteiger partial charge in [0, 0.05) is 29.9 Å². The van der Waals surface area contributed by atoms with E-state index in [4.69, 9.17) is 9.47 Å². The number of nitrogens with one attached hydrogen (secondary N) is 2. The van der Waals surface area contributed by atoms with E-state index in [9.17, 15) is 4.79 Å². The van der Waals surface area contributed by atoms with Gasteiger partial charge in [-0.2, -0.15) is 0 Å². The summed E-state index contributed by atoms with van der Waals surface area (Å²) in [4.78, 5) is 12.1. The third-order valence-corrected chi connectivity index (χ3v) is 4.73. The number of methoxy groups -OCH3 is 1. The van der Waals surface area contributed by atoms with Crippen LogP contribution in [0.2, 0.25) is 0 Å². The number of hydrogen-bond donors (Lipinski definition) is 2. The lowest BCUT2D eigenvalue weighted by Gasteiger charge is -2.16. The summed E-state index contributed by atoms with van der Waals surface area (Å²) < 4.78 is 11.6. The van der Waals surface area contributed by atoms with E-state index in [0.717, 1.165) is 28.3 Å². The second-order valence-electron chi connectivity index (χ2n) is 7.80. The fraction of sp³-hybridized carbons (Fsp3) is 0.269. The monoisotopic (exact) mass is 418 g/mol. The summed E-state index contributed by atoms with van der Waals surface area (Å²) in [7, 11) is 1.64.